The zero-order valence-corrected chi connectivity index (χ0v) is 11.2. The summed E-state index contributed by atoms with van der Waals surface area (Å²) >= 11 is 0. The van der Waals surface area contributed by atoms with Crippen LogP contribution in [0.25, 0.3) is 16.8 Å². The zero-order chi connectivity index (χ0) is 12.7. The lowest BCUT2D eigenvalue weighted by Gasteiger charge is -2.09. The first-order valence-electron chi connectivity index (χ1n) is 6.46. The van der Waals surface area contributed by atoms with Crippen molar-refractivity contribution in [2.75, 3.05) is 6.61 Å². The summed E-state index contributed by atoms with van der Waals surface area (Å²) in [4.78, 5) is 0. The van der Waals surface area contributed by atoms with Crippen molar-refractivity contribution in [1.29, 1.82) is 0 Å². The number of aryl methyl sites for hydroxylation is 2. The second-order valence-electron chi connectivity index (χ2n) is 4.85. The molecule has 1 aromatic carbocycles. The van der Waals surface area contributed by atoms with Gasteiger partial charge in [-0.1, -0.05) is 12.2 Å². The summed E-state index contributed by atoms with van der Waals surface area (Å²) in [6, 6.07) is 4.43. The second-order valence-corrected chi connectivity index (χ2v) is 4.85. The molecule has 2 aromatic rings. The standard InChI is InChI=1S/C16H18NO/c1-4-18-16-9-15-12(10-17(16)3)8-11(2)13-6-5-7-14(13)15/h5,7-10H,4,6H2,1-3H3/q+1. The first-order valence-corrected chi connectivity index (χ1v) is 6.46. The van der Waals surface area contributed by atoms with E-state index in [-0.39, 0.29) is 0 Å². The molecule has 1 heterocycles. The van der Waals surface area contributed by atoms with E-state index in [1.807, 2.05) is 14.0 Å². The lowest BCUT2D eigenvalue weighted by atomic mass is 9.97. The van der Waals surface area contributed by atoms with Crippen LogP contribution in [0.2, 0.25) is 0 Å². The maximum Gasteiger partial charge on any atom is 0.368 e. The van der Waals surface area contributed by atoms with Crippen molar-refractivity contribution >= 4 is 16.8 Å². The van der Waals surface area contributed by atoms with Gasteiger partial charge in [-0.3, -0.25) is 0 Å². The molecule has 3 rings (SSSR count). The Bertz CT molecular complexity index is 656. The fraction of sp³-hybridized carbons (Fsp3) is 0.312. The van der Waals surface area contributed by atoms with Crippen LogP contribution >= 0.6 is 0 Å². The Labute approximate surface area is 108 Å². The van der Waals surface area contributed by atoms with Crippen LogP contribution < -0.4 is 9.30 Å². The molecule has 1 aliphatic rings. The molecule has 0 bridgehead atoms. The third-order valence-corrected chi connectivity index (χ3v) is 3.62. The fourth-order valence-electron chi connectivity index (χ4n) is 2.74. The molecule has 0 atom stereocenters. The monoisotopic (exact) mass is 240 g/mol. The molecule has 0 saturated carbocycles. The van der Waals surface area contributed by atoms with Gasteiger partial charge in [-0.05, 0) is 43.0 Å². The van der Waals surface area contributed by atoms with Gasteiger partial charge in [-0.2, -0.15) is 4.57 Å². The van der Waals surface area contributed by atoms with Gasteiger partial charge in [-0.15, -0.1) is 0 Å². The lowest BCUT2D eigenvalue weighted by molar-refractivity contribution is -0.675. The first kappa shape index (κ1) is 11.3. The van der Waals surface area contributed by atoms with Gasteiger partial charge in [0.05, 0.1) is 12.7 Å². The summed E-state index contributed by atoms with van der Waals surface area (Å²) in [6.07, 6.45) is 7.69. The average Bonchev–Trinajstić information content (AvgIpc) is 2.81. The smallest absolute Gasteiger partial charge is 0.368 e. The topological polar surface area (TPSA) is 13.1 Å². The van der Waals surface area contributed by atoms with Crippen LogP contribution in [-0.2, 0) is 13.5 Å². The summed E-state index contributed by atoms with van der Waals surface area (Å²) in [5.74, 6) is 0.927. The van der Waals surface area contributed by atoms with Crippen molar-refractivity contribution in [3.8, 4) is 5.88 Å². The Morgan fingerprint density at radius 1 is 1.33 bits per heavy atom. The fourth-order valence-corrected chi connectivity index (χ4v) is 2.74. The number of nitrogens with zero attached hydrogens (tertiary/aromatic N) is 1. The van der Waals surface area contributed by atoms with E-state index in [1.165, 1.54) is 27.5 Å². The first-order chi connectivity index (χ1) is 8.70. The highest BCUT2D eigenvalue weighted by atomic mass is 16.5. The third kappa shape index (κ3) is 1.60. The molecule has 0 N–H and O–H groups in total. The number of hydrogen-bond donors (Lipinski definition) is 0. The summed E-state index contributed by atoms with van der Waals surface area (Å²) in [5, 5.41) is 2.58. The molecule has 0 spiro atoms. The van der Waals surface area contributed by atoms with E-state index in [9.17, 15) is 0 Å². The highest BCUT2D eigenvalue weighted by Gasteiger charge is 2.17. The van der Waals surface area contributed by atoms with Gasteiger partial charge < -0.3 is 4.74 Å². The number of hydrogen-bond acceptors (Lipinski definition) is 1. The van der Waals surface area contributed by atoms with Crippen LogP contribution in [0.4, 0.5) is 0 Å². The van der Waals surface area contributed by atoms with Crippen LogP contribution in [0.15, 0.2) is 24.4 Å². The molecule has 0 amide bonds. The van der Waals surface area contributed by atoms with Crippen molar-refractivity contribution in [1.82, 2.24) is 0 Å². The number of ether oxygens (including phenoxy) is 1. The predicted molar refractivity (Wildman–Crippen MR) is 73.8 cm³/mol. The molecule has 0 radical (unpaired) electrons. The molecular formula is C16H18NO+. The Balaban J connectivity index is 2.32. The summed E-state index contributed by atoms with van der Waals surface area (Å²) in [6.45, 7) is 4.91. The van der Waals surface area contributed by atoms with Crippen molar-refractivity contribution in [3.05, 3.63) is 41.1 Å². The van der Waals surface area contributed by atoms with Crippen molar-refractivity contribution in [2.24, 2.45) is 7.05 Å². The second kappa shape index (κ2) is 4.13. The van der Waals surface area contributed by atoms with E-state index >= 15 is 0 Å². The number of fused-ring (bicyclic) bond motifs is 3. The molecule has 18 heavy (non-hydrogen) atoms. The van der Waals surface area contributed by atoms with Crippen LogP contribution in [-0.4, -0.2) is 6.61 Å². The van der Waals surface area contributed by atoms with Crippen molar-refractivity contribution in [2.45, 2.75) is 20.3 Å². The number of rotatable bonds is 2. The van der Waals surface area contributed by atoms with Crippen LogP contribution in [0.3, 0.4) is 0 Å². The van der Waals surface area contributed by atoms with Crippen LogP contribution in [0, 0.1) is 6.92 Å². The maximum atomic E-state index is 5.67. The largest absolute Gasteiger partial charge is 0.445 e. The number of pyridine rings is 1. The van der Waals surface area contributed by atoms with Crippen LogP contribution in [0.1, 0.15) is 23.6 Å². The highest BCUT2D eigenvalue weighted by Crippen LogP contribution is 2.31. The summed E-state index contributed by atoms with van der Waals surface area (Å²) in [5.41, 5.74) is 4.21. The van der Waals surface area contributed by atoms with E-state index in [1.54, 1.807) is 0 Å². The van der Waals surface area contributed by atoms with Gasteiger partial charge in [0, 0.05) is 10.8 Å². The quantitative estimate of drug-likeness (QED) is 0.736. The van der Waals surface area contributed by atoms with Crippen LogP contribution in [0.5, 0.6) is 5.88 Å². The SMILES string of the molecule is CCOc1cc2c3c(c(C)cc2c[n+]1C)CC=C3. The number of aromatic nitrogens is 1. The van der Waals surface area contributed by atoms with Crippen molar-refractivity contribution < 1.29 is 9.30 Å². The minimum atomic E-state index is 0.698. The minimum Gasteiger partial charge on any atom is -0.445 e. The van der Waals surface area contributed by atoms with Gasteiger partial charge in [0.1, 0.15) is 7.05 Å². The zero-order valence-electron chi connectivity index (χ0n) is 11.2. The lowest BCUT2D eigenvalue weighted by Crippen LogP contribution is -2.30. The molecule has 0 unspecified atom stereocenters. The Morgan fingerprint density at radius 3 is 2.94 bits per heavy atom. The Kier molecular flexibility index (Phi) is 2.58. The molecule has 1 aliphatic carbocycles. The maximum absolute atomic E-state index is 5.67. The third-order valence-electron chi connectivity index (χ3n) is 3.62. The van der Waals surface area contributed by atoms with E-state index in [4.69, 9.17) is 4.74 Å². The molecule has 0 aliphatic heterocycles. The van der Waals surface area contributed by atoms with Gasteiger partial charge in [0.15, 0.2) is 6.20 Å². The predicted octanol–water partition coefficient (Wildman–Crippen LogP) is 2.94. The molecule has 2 nitrogen and oxygen atoms in total. The van der Waals surface area contributed by atoms with Gasteiger partial charge in [-0.25, -0.2) is 0 Å². The van der Waals surface area contributed by atoms with E-state index in [0.717, 1.165) is 12.3 Å². The molecule has 0 fully saturated rings. The molecular weight excluding hydrogens is 222 g/mol. The molecule has 92 valence electrons. The van der Waals surface area contributed by atoms with E-state index in [2.05, 4.69) is 42.0 Å². The summed E-state index contributed by atoms with van der Waals surface area (Å²) in [7, 11) is 2.03. The minimum absolute atomic E-state index is 0.698. The van der Waals surface area contributed by atoms with E-state index in [0.29, 0.717) is 6.61 Å². The Morgan fingerprint density at radius 2 is 2.17 bits per heavy atom. The number of benzene rings is 1. The van der Waals surface area contributed by atoms with Gasteiger partial charge in [0.25, 0.3) is 0 Å². The van der Waals surface area contributed by atoms with E-state index < -0.39 is 0 Å². The molecule has 1 aromatic heterocycles. The molecule has 0 saturated heterocycles. The van der Waals surface area contributed by atoms with Gasteiger partial charge in [0.2, 0.25) is 0 Å². The van der Waals surface area contributed by atoms with Gasteiger partial charge >= 0.3 is 5.88 Å². The average molecular weight is 240 g/mol. The number of allylic oxidation sites excluding steroid dienone is 1. The summed E-state index contributed by atoms with van der Waals surface area (Å²) < 4.78 is 7.73. The Hall–Kier alpha value is -1.83. The normalized spacial score (nSPS) is 13.1. The van der Waals surface area contributed by atoms with Crippen molar-refractivity contribution in [3.63, 3.8) is 0 Å². The molecule has 2 heteroatoms. The highest BCUT2D eigenvalue weighted by molar-refractivity contribution is 5.93.